The molecule has 2 rings (SSSR count). The van der Waals surface area contributed by atoms with E-state index in [2.05, 4.69) is 13.5 Å². The molecule has 1 aliphatic heterocycles. The molecular weight excluding hydrogens is 292 g/mol. The molecule has 23 heavy (non-hydrogen) atoms. The van der Waals surface area contributed by atoms with Crippen LogP contribution in [-0.2, 0) is 20.8 Å². The summed E-state index contributed by atoms with van der Waals surface area (Å²) in [7, 11) is 1.66. The number of hydrogen-bond donors (Lipinski definition) is 0. The molecule has 0 aromatic heterocycles. The Kier molecular flexibility index (Phi) is 7.59. The maximum atomic E-state index is 5.94. The molecule has 1 saturated heterocycles. The van der Waals surface area contributed by atoms with Crippen molar-refractivity contribution in [2.45, 2.75) is 57.7 Å². The molecule has 1 aliphatic rings. The van der Waals surface area contributed by atoms with E-state index in [0.29, 0.717) is 6.61 Å². The Morgan fingerprint density at radius 1 is 1.30 bits per heavy atom. The Bertz CT molecular complexity index is 451. The first kappa shape index (κ1) is 18.0. The van der Waals surface area contributed by atoms with E-state index in [1.165, 1.54) is 6.42 Å². The molecule has 1 fully saturated rings. The summed E-state index contributed by atoms with van der Waals surface area (Å²) in [4.78, 5) is 0. The average molecular weight is 320 g/mol. The fourth-order valence-electron chi connectivity index (χ4n) is 2.62. The summed E-state index contributed by atoms with van der Waals surface area (Å²) in [5.41, 5.74) is 1.11. The number of rotatable bonds is 9. The number of methoxy groups -OCH3 is 1. The predicted octanol–water partition coefficient (Wildman–Crippen LogP) is 4.09. The Labute approximate surface area is 139 Å². The van der Waals surface area contributed by atoms with E-state index in [1.54, 1.807) is 7.11 Å². The van der Waals surface area contributed by atoms with E-state index in [0.717, 1.165) is 37.2 Å². The monoisotopic (exact) mass is 320 g/mol. The molecule has 1 aromatic rings. The van der Waals surface area contributed by atoms with Crippen molar-refractivity contribution in [1.29, 1.82) is 0 Å². The van der Waals surface area contributed by atoms with Crippen LogP contribution in [0.25, 0.3) is 0 Å². The highest BCUT2D eigenvalue weighted by Gasteiger charge is 2.19. The van der Waals surface area contributed by atoms with Gasteiger partial charge in [-0.3, -0.25) is 0 Å². The van der Waals surface area contributed by atoms with Gasteiger partial charge in [0.25, 0.3) is 0 Å². The molecule has 4 heteroatoms. The van der Waals surface area contributed by atoms with Crippen LogP contribution in [0.5, 0.6) is 5.75 Å². The Morgan fingerprint density at radius 2 is 2.09 bits per heavy atom. The van der Waals surface area contributed by atoms with Crippen molar-refractivity contribution in [2.24, 2.45) is 0 Å². The Hall–Kier alpha value is -1.36. The van der Waals surface area contributed by atoms with E-state index in [9.17, 15) is 0 Å². The van der Waals surface area contributed by atoms with E-state index in [-0.39, 0.29) is 18.5 Å². The lowest BCUT2D eigenvalue weighted by atomic mass is 10.1. The van der Waals surface area contributed by atoms with Gasteiger partial charge in [-0.25, -0.2) is 0 Å². The molecule has 1 aromatic carbocycles. The van der Waals surface area contributed by atoms with Crippen LogP contribution < -0.4 is 4.74 Å². The standard InChI is InChI=1S/C19H28O4/c1-4-17(13-15(2)23-19-7-5-6-12-21-19)22-14-16-8-10-18(20-3)11-9-16/h4,8-11,15,17,19H,1,5-7,12-14H2,2-3H3/t15-,17+,19?/m1/s1. The van der Waals surface area contributed by atoms with Gasteiger partial charge in [0.05, 0.1) is 25.9 Å². The van der Waals surface area contributed by atoms with Crippen LogP contribution in [0.3, 0.4) is 0 Å². The number of ether oxygens (including phenoxy) is 4. The summed E-state index contributed by atoms with van der Waals surface area (Å²) in [5, 5.41) is 0. The molecule has 0 aliphatic carbocycles. The molecule has 0 bridgehead atoms. The number of hydrogen-bond acceptors (Lipinski definition) is 4. The third-order valence-electron chi connectivity index (χ3n) is 3.97. The summed E-state index contributed by atoms with van der Waals surface area (Å²) in [5.74, 6) is 0.850. The lowest BCUT2D eigenvalue weighted by molar-refractivity contribution is -0.189. The maximum Gasteiger partial charge on any atom is 0.157 e. The summed E-state index contributed by atoms with van der Waals surface area (Å²) in [6.07, 6.45) is 5.89. The van der Waals surface area contributed by atoms with Gasteiger partial charge in [0.1, 0.15) is 5.75 Å². The van der Waals surface area contributed by atoms with E-state index in [1.807, 2.05) is 30.3 Å². The third kappa shape index (κ3) is 6.34. The van der Waals surface area contributed by atoms with Crippen LogP contribution >= 0.6 is 0 Å². The van der Waals surface area contributed by atoms with Crippen molar-refractivity contribution in [1.82, 2.24) is 0 Å². The smallest absolute Gasteiger partial charge is 0.157 e. The van der Waals surface area contributed by atoms with Crippen LogP contribution in [0.15, 0.2) is 36.9 Å². The van der Waals surface area contributed by atoms with Crippen molar-refractivity contribution >= 4 is 0 Å². The zero-order valence-corrected chi connectivity index (χ0v) is 14.2. The Balaban J connectivity index is 1.73. The fraction of sp³-hybridized carbons (Fsp3) is 0.579. The summed E-state index contributed by atoms with van der Waals surface area (Å²) in [6.45, 7) is 7.28. The molecule has 128 valence electrons. The fourth-order valence-corrected chi connectivity index (χ4v) is 2.62. The molecule has 0 saturated carbocycles. The summed E-state index contributed by atoms with van der Waals surface area (Å²) < 4.78 is 22.6. The van der Waals surface area contributed by atoms with Gasteiger partial charge in [0.15, 0.2) is 6.29 Å². The van der Waals surface area contributed by atoms with Crippen LogP contribution in [0.1, 0.15) is 38.2 Å². The molecule has 1 heterocycles. The first-order valence-electron chi connectivity index (χ1n) is 8.35. The van der Waals surface area contributed by atoms with Crippen molar-refractivity contribution in [3.05, 3.63) is 42.5 Å². The second-order valence-electron chi connectivity index (χ2n) is 5.91. The highest BCUT2D eigenvalue weighted by molar-refractivity contribution is 5.26. The average Bonchev–Trinajstić information content (AvgIpc) is 2.60. The van der Waals surface area contributed by atoms with Gasteiger partial charge >= 0.3 is 0 Å². The van der Waals surface area contributed by atoms with Gasteiger partial charge in [0, 0.05) is 13.0 Å². The lowest BCUT2D eigenvalue weighted by Gasteiger charge is -2.27. The predicted molar refractivity (Wildman–Crippen MR) is 90.5 cm³/mol. The molecule has 4 nitrogen and oxygen atoms in total. The maximum absolute atomic E-state index is 5.94. The van der Waals surface area contributed by atoms with Crippen molar-refractivity contribution in [2.75, 3.05) is 13.7 Å². The molecule has 3 atom stereocenters. The zero-order chi connectivity index (χ0) is 16.5. The highest BCUT2D eigenvalue weighted by Crippen LogP contribution is 2.19. The minimum atomic E-state index is -0.0641. The summed E-state index contributed by atoms with van der Waals surface area (Å²) >= 11 is 0. The molecule has 0 amide bonds. The lowest BCUT2D eigenvalue weighted by Crippen LogP contribution is -2.29. The van der Waals surface area contributed by atoms with Gasteiger partial charge in [-0.05, 0) is 43.9 Å². The molecule has 0 radical (unpaired) electrons. The SMILES string of the molecule is C=C[C@@H](C[C@@H](C)OC1CCCCO1)OCc1ccc(OC)cc1. The van der Waals surface area contributed by atoms with Crippen molar-refractivity contribution in [3.8, 4) is 5.75 Å². The van der Waals surface area contributed by atoms with Crippen LogP contribution in [0.2, 0.25) is 0 Å². The van der Waals surface area contributed by atoms with Gasteiger partial charge in [-0.15, -0.1) is 6.58 Å². The van der Waals surface area contributed by atoms with E-state index >= 15 is 0 Å². The van der Waals surface area contributed by atoms with Crippen LogP contribution in [0.4, 0.5) is 0 Å². The number of benzene rings is 1. The normalized spacial score (nSPS) is 20.7. The second-order valence-corrected chi connectivity index (χ2v) is 5.91. The summed E-state index contributed by atoms with van der Waals surface area (Å²) in [6, 6.07) is 7.89. The second kappa shape index (κ2) is 9.71. The quantitative estimate of drug-likeness (QED) is 0.642. The van der Waals surface area contributed by atoms with E-state index in [4.69, 9.17) is 18.9 Å². The first-order chi connectivity index (χ1) is 11.2. The molecule has 1 unspecified atom stereocenters. The minimum Gasteiger partial charge on any atom is -0.497 e. The minimum absolute atomic E-state index is 0.0318. The van der Waals surface area contributed by atoms with Crippen molar-refractivity contribution < 1.29 is 18.9 Å². The molecular formula is C19H28O4. The van der Waals surface area contributed by atoms with Gasteiger partial charge < -0.3 is 18.9 Å². The van der Waals surface area contributed by atoms with Crippen LogP contribution in [0, 0.1) is 0 Å². The molecule has 0 spiro atoms. The van der Waals surface area contributed by atoms with Crippen LogP contribution in [-0.4, -0.2) is 32.2 Å². The zero-order valence-electron chi connectivity index (χ0n) is 14.2. The van der Waals surface area contributed by atoms with E-state index < -0.39 is 0 Å². The van der Waals surface area contributed by atoms with Gasteiger partial charge in [0.2, 0.25) is 0 Å². The topological polar surface area (TPSA) is 36.9 Å². The van der Waals surface area contributed by atoms with Gasteiger partial charge in [-0.1, -0.05) is 18.2 Å². The van der Waals surface area contributed by atoms with Crippen molar-refractivity contribution in [3.63, 3.8) is 0 Å². The third-order valence-corrected chi connectivity index (χ3v) is 3.97. The Morgan fingerprint density at radius 3 is 2.70 bits per heavy atom. The largest absolute Gasteiger partial charge is 0.497 e. The van der Waals surface area contributed by atoms with Gasteiger partial charge in [-0.2, -0.15) is 0 Å². The first-order valence-corrected chi connectivity index (χ1v) is 8.35. The highest BCUT2D eigenvalue weighted by atomic mass is 16.7. The molecule has 0 N–H and O–H groups in total.